The average Bonchev–Trinajstić information content (AvgIpc) is 2.72. The van der Waals surface area contributed by atoms with Crippen molar-refractivity contribution in [3.63, 3.8) is 0 Å². The number of hydrogen-bond acceptors (Lipinski definition) is 4. The number of nitrogens with zero attached hydrogens (tertiary/aromatic N) is 2. The summed E-state index contributed by atoms with van der Waals surface area (Å²) in [7, 11) is 0. The normalized spacial score (nSPS) is 19.5. The number of ether oxygens (including phenoxy) is 1. The molecular weight excluding hydrogens is 338 g/mol. The maximum absolute atomic E-state index is 12.6. The van der Waals surface area contributed by atoms with Gasteiger partial charge in [0, 0.05) is 37.9 Å². The van der Waals surface area contributed by atoms with Gasteiger partial charge in [0.05, 0.1) is 6.54 Å². The predicted molar refractivity (Wildman–Crippen MR) is 107 cm³/mol. The third-order valence-corrected chi connectivity index (χ3v) is 5.42. The van der Waals surface area contributed by atoms with Gasteiger partial charge in [0.2, 0.25) is 0 Å². The van der Waals surface area contributed by atoms with Crippen LogP contribution >= 0.6 is 0 Å². The molecule has 0 saturated carbocycles. The van der Waals surface area contributed by atoms with Crippen LogP contribution in [-0.2, 0) is 24.3 Å². The fraction of sp³-hybridized carbons (Fsp3) is 0.409. The van der Waals surface area contributed by atoms with Gasteiger partial charge in [0.15, 0.2) is 0 Å². The number of piperazine rings is 1. The van der Waals surface area contributed by atoms with E-state index in [0.29, 0.717) is 25.7 Å². The molecule has 1 amide bonds. The Balaban J connectivity index is 1.46. The Bertz CT molecular complexity index is 793. The van der Waals surface area contributed by atoms with Crippen LogP contribution in [0.4, 0.5) is 10.5 Å². The Morgan fingerprint density at radius 3 is 2.81 bits per heavy atom. The van der Waals surface area contributed by atoms with Gasteiger partial charge in [-0.05, 0) is 36.1 Å². The molecule has 1 saturated heterocycles. The van der Waals surface area contributed by atoms with Gasteiger partial charge < -0.3 is 19.9 Å². The van der Waals surface area contributed by atoms with Crippen LogP contribution in [0.3, 0.4) is 0 Å². The van der Waals surface area contributed by atoms with Gasteiger partial charge in [0.1, 0.15) is 6.61 Å². The fourth-order valence-electron chi connectivity index (χ4n) is 3.98. The summed E-state index contributed by atoms with van der Waals surface area (Å²) >= 11 is 0. The second-order valence-electron chi connectivity index (χ2n) is 7.43. The lowest BCUT2D eigenvalue weighted by Gasteiger charge is -2.37. The molecule has 1 atom stereocenters. The molecule has 27 heavy (non-hydrogen) atoms. The van der Waals surface area contributed by atoms with E-state index in [1.54, 1.807) is 0 Å². The van der Waals surface area contributed by atoms with Crippen LogP contribution in [0.5, 0.6) is 0 Å². The summed E-state index contributed by atoms with van der Waals surface area (Å²) in [6.45, 7) is 6.86. The van der Waals surface area contributed by atoms with E-state index in [9.17, 15) is 4.79 Å². The smallest absolute Gasteiger partial charge is 0.410 e. The van der Waals surface area contributed by atoms with E-state index in [4.69, 9.17) is 4.74 Å². The van der Waals surface area contributed by atoms with Crippen molar-refractivity contribution in [3.05, 3.63) is 65.2 Å². The number of nitrogens with one attached hydrogen (secondary N) is 1. The third kappa shape index (κ3) is 4.08. The molecule has 2 aromatic carbocycles. The van der Waals surface area contributed by atoms with Crippen molar-refractivity contribution in [2.24, 2.45) is 0 Å². The van der Waals surface area contributed by atoms with E-state index in [0.717, 1.165) is 31.6 Å². The molecular formula is C22H27N3O2. The Hall–Kier alpha value is -2.53. The Kier molecular flexibility index (Phi) is 5.30. The van der Waals surface area contributed by atoms with E-state index in [2.05, 4.69) is 35.3 Å². The summed E-state index contributed by atoms with van der Waals surface area (Å²) in [5.74, 6) is 0. The summed E-state index contributed by atoms with van der Waals surface area (Å²) < 4.78 is 5.55. The summed E-state index contributed by atoms with van der Waals surface area (Å²) in [5, 5.41) is 3.49. The maximum atomic E-state index is 12.6. The maximum Gasteiger partial charge on any atom is 0.410 e. The van der Waals surface area contributed by atoms with Crippen molar-refractivity contribution >= 4 is 11.8 Å². The molecule has 5 nitrogen and oxygen atoms in total. The molecule has 2 aliphatic heterocycles. The third-order valence-electron chi connectivity index (χ3n) is 5.42. The highest BCUT2D eigenvalue weighted by atomic mass is 16.6. The van der Waals surface area contributed by atoms with E-state index < -0.39 is 0 Å². The Morgan fingerprint density at radius 1 is 1.15 bits per heavy atom. The number of amides is 1. The molecule has 1 unspecified atom stereocenters. The lowest BCUT2D eigenvalue weighted by atomic mass is 9.97. The molecule has 0 spiro atoms. The zero-order valence-electron chi connectivity index (χ0n) is 15.9. The molecule has 1 fully saturated rings. The van der Waals surface area contributed by atoms with Crippen molar-refractivity contribution in [1.29, 1.82) is 0 Å². The molecule has 4 rings (SSSR count). The number of hydrogen-bond donors (Lipinski definition) is 1. The van der Waals surface area contributed by atoms with Gasteiger partial charge in [-0.1, -0.05) is 42.5 Å². The number of carbonyl (C=O) groups is 1. The van der Waals surface area contributed by atoms with E-state index >= 15 is 0 Å². The molecule has 142 valence electrons. The van der Waals surface area contributed by atoms with Gasteiger partial charge in [-0.3, -0.25) is 0 Å². The molecule has 2 aromatic rings. The highest BCUT2D eigenvalue weighted by molar-refractivity contribution is 5.69. The van der Waals surface area contributed by atoms with Crippen molar-refractivity contribution in [3.8, 4) is 0 Å². The van der Waals surface area contributed by atoms with Crippen LogP contribution in [0, 0.1) is 0 Å². The van der Waals surface area contributed by atoms with Crippen molar-refractivity contribution in [1.82, 2.24) is 10.2 Å². The second-order valence-corrected chi connectivity index (χ2v) is 7.43. The second kappa shape index (κ2) is 8.01. The van der Waals surface area contributed by atoms with Gasteiger partial charge in [0.25, 0.3) is 0 Å². The lowest BCUT2D eigenvalue weighted by molar-refractivity contribution is 0.0919. The zero-order chi connectivity index (χ0) is 18.6. The number of fused-ring (bicyclic) bond motifs is 1. The van der Waals surface area contributed by atoms with Gasteiger partial charge in [-0.25, -0.2) is 4.79 Å². The highest BCUT2D eigenvalue weighted by Crippen LogP contribution is 2.30. The summed E-state index contributed by atoms with van der Waals surface area (Å²) in [4.78, 5) is 16.9. The summed E-state index contributed by atoms with van der Waals surface area (Å²) in [5.41, 5.74) is 4.90. The predicted octanol–water partition coefficient (Wildman–Crippen LogP) is 3.18. The van der Waals surface area contributed by atoms with E-state index in [-0.39, 0.29) is 6.09 Å². The fourth-order valence-corrected chi connectivity index (χ4v) is 3.98. The van der Waals surface area contributed by atoms with Gasteiger partial charge in [-0.2, -0.15) is 0 Å². The number of carbonyl (C=O) groups excluding carboxylic acids is 1. The average molecular weight is 365 g/mol. The van der Waals surface area contributed by atoms with Crippen molar-refractivity contribution in [2.45, 2.75) is 32.5 Å². The van der Waals surface area contributed by atoms with Crippen LogP contribution in [0.1, 0.15) is 23.6 Å². The molecule has 5 heteroatoms. The first-order chi connectivity index (χ1) is 13.2. The first-order valence-corrected chi connectivity index (χ1v) is 9.75. The molecule has 0 radical (unpaired) electrons. The quantitative estimate of drug-likeness (QED) is 0.907. The van der Waals surface area contributed by atoms with E-state index in [1.165, 1.54) is 16.8 Å². The van der Waals surface area contributed by atoms with Crippen LogP contribution in [0.2, 0.25) is 0 Å². The van der Waals surface area contributed by atoms with Crippen LogP contribution in [0.25, 0.3) is 0 Å². The van der Waals surface area contributed by atoms with Gasteiger partial charge in [-0.15, -0.1) is 0 Å². The first-order valence-electron chi connectivity index (χ1n) is 9.75. The van der Waals surface area contributed by atoms with Crippen LogP contribution in [-0.4, -0.2) is 43.2 Å². The molecule has 0 bridgehead atoms. The summed E-state index contributed by atoms with van der Waals surface area (Å²) in [6.07, 6.45) is 0.651. The number of rotatable bonds is 3. The molecule has 0 aliphatic carbocycles. The standard InChI is InChI=1S/C22H27N3O2/c1-17-14-24(13-11-23-17)21-9-5-8-19-10-12-25(15-20(19)21)22(26)27-16-18-6-3-2-4-7-18/h2-9,17,23H,10-16H2,1H3. The lowest BCUT2D eigenvalue weighted by Crippen LogP contribution is -2.50. The Labute approximate surface area is 160 Å². The number of anilines is 1. The largest absolute Gasteiger partial charge is 0.445 e. The highest BCUT2D eigenvalue weighted by Gasteiger charge is 2.26. The molecule has 2 aliphatic rings. The topological polar surface area (TPSA) is 44.8 Å². The monoisotopic (exact) mass is 365 g/mol. The van der Waals surface area contributed by atoms with Crippen LogP contribution < -0.4 is 10.2 Å². The minimum atomic E-state index is -0.229. The minimum Gasteiger partial charge on any atom is -0.445 e. The van der Waals surface area contributed by atoms with Crippen molar-refractivity contribution < 1.29 is 9.53 Å². The SMILES string of the molecule is CC1CN(c2cccc3c2CN(C(=O)OCc2ccccc2)CC3)CCN1. The van der Waals surface area contributed by atoms with Crippen molar-refractivity contribution in [2.75, 3.05) is 31.1 Å². The number of benzene rings is 2. The molecule has 1 N–H and O–H groups in total. The molecule has 0 aromatic heterocycles. The Morgan fingerprint density at radius 2 is 2.00 bits per heavy atom. The van der Waals surface area contributed by atoms with Crippen LogP contribution in [0.15, 0.2) is 48.5 Å². The summed E-state index contributed by atoms with van der Waals surface area (Å²) in [6, 6.07) is 16.8. The van der Waals surface area contributed by atoms with E-state index in [1.807, 2.05) is 35.2 Å². The minimum absolute atomic E-state index is 0.229. The zero-order valence-corrected chi connectivity index (χ0v) is 15.9. The first kappa shape index (κ1) is 17.9. The molecule has 2 heterocycles. The van der Waals surface area contributed by atoms with Gasteiger partial charge >= 0.3 is 6.09 Å².